The van der Waals surface area contributed by atoms with E-state index in [9.17, 15) is 14.6 Å². The lowest BCUT2D eigenvalue weighted by Crippen LogP contribution is -2.37. The maximum atomic E-state index is 11.6. The normalized spacial score (nSPS) is 16.3. The summed E-state index contributed by atoms with van der Waals surface area (Å²) in [6.07, 6.45) is 4.77. The molecule has 2 atom stereocenters. The Kier molecular flexibility index (Phi) is 12.4. The monoisotopic (exact) mass is 356 g/mol. The number of hydrogen-bond donors (Lipinski definition) is 2. The fraction of sp³-hybridized carbons (Fsp3) is 1.00. The van der Waals surface area contributed by atoms with E-state index >= 15 is 0 Å². The van der Waals surface area contributed by atoms with Crippen molar-refractivity contribution in [3.63, 3.8) is 0 Å². The molecule has 0 heterocycles. The maximum Gasteiger partial charge on any atom is 0.472 e. The Morgan fingerprint density at radius 2 is 1.65 bits per heavy atom. The zero-order chi connectivity index (χ0) is 17.8. The van der Waals surface area contributed by atoms with Crippen LogP contribution in [0.15, 0.2) is 0 Å². The Labute approximate surface area is 140 Å². The summed E-state index contributed by atoms with van der Waals surface area (Å²) in [5.74, 6) is 0. The molecule has 140 valence electrons. The van der Waals surface area contributed by atoms with Crippen molar-refractivity contribution in [3.8, 4) is 0 Å². The molecule has 0 spiro atoms. The van der Waals surface area contributed by atoms with E-state index in [1.807, 2.05) is 21.1 Å². The largest absolute Gasteiger partial charge is 0.472 e. The molecule has 0 bridgehead atoms. The maximum absolute atomic E-state index is 11.6. The molecule has 0 saturated carbocycles. The Bertz CT molecular complexity index is 334. The van der Waals surface area contributed by atoms with Crippen LogP contribution >= 0.6 is 7.82 Å². The van der Waals surface area contributed by atoms with Gasteiger partial charge in [0, 0.05) is 6.61 Å². The topological polar surface area (TPSA) is 85.2 Å². The van der Waals surface area contributed by atoms with Gasteiger partial charge >= 0.3 is 7.82 Å². The van der Waals surface area contributed by atoms with Crippen molar-refractivity contribution in [2.75, 3.05) is 54.1 Å². The quantitative estimate of drug-likeness (QED) is 0.266. The second kappa shape index (κ2) is 12.4. The molecule has 0 aromatic heterocycles. The molecule has 0 aromatic carbocycles. The molecule has 0 radical (unpaired) electrons. The highest BCUT2D eigenvalue weighted by Crippen LogP contribution is 2.43. The number of quaternary nitrogens is 1. The summed E-state index contributed by atoms with van der Waals surface area (Å²) in [5.41, 5.74) is 0. The molecule has 0 aliphatic heterocycles. The Morgan fingerprint density at radius 3 is 2.26 bits per heavy atom. The molecule has 0 fully saturated rings. The predicted molar refractivity (Wildman–Crippen MR) is 90.2 cm³/mol. The van der Waals surface area contributed by atoms with Crippen molar-refractivity contribution >= 4 is 7.82 Å². The predicted octanol–water partition coefficient (Wildman–Crippen LogP) is 2.17. The van der Waals surface area contributed by atoms with E-state index in [4.69, 9.17) is 13.8 Å². The van der Waals surface area contributed by atoms with Gasteiger partial charge in [0.1, 0.15) is 19.3 Å². The zero-order valence-electron chi connectivity index (χ0n) is 15.1. The van der Waals surface area contributed by atoms with Gasteiger partial charge in [-0.05, 0) is 6.42 Å². The molecular formula is C15H35NO6P+. The lowest BCUT2D eigenvalue weighted by molar-refractivity contribution is -0.870. The molecule has 1 unspecified atom stereocenters. The summed E-state index contributed by atoms with van der Waals surface area (Å²) in [5, 5.41) is 9.67. The number of phosphoric acid groups is 1. The molecule has 0 rings (SSSR count). The second-order valence-electron chi connectivity index (χ2n) is 6.75. The molecule has 2 N–H and O–H groups in total. The second-order valence-corrected chi connectivity index (χ2v) is 8.21. The Hall–Kier alpha value is -0.0100. The number of ether oxygens (including phenoxy) is 1. The van der Waals surface area contributed by atoms with Gasteiger partial charge in [-0.1, -0.05) is 32.6 Å². The van der Waals surface area contributed by atoms with Crippen molar-refractivity contribution in [2.45, 2.75) is 45.1 Å². The van der Waals surface area contributed by atoms with Crippen LogP contribution in [0, 0.1) is 0 Å². The SMILES string of the molecule is CCCCCCCOC[C@@H](O)COP(=O)(O)OCC[N+](C)(C)C. The minimum absolute atomic E-state index is 0.0899. The van der Waals surface area contributed by atoms with E-state index in [0.29, 0.717) is 17.6 Å². The van der Waals surface area contributed by atoms with Crippen molar-refractivity contribution in [1.29, 1.82) is 0 Å². The van der Waals surface area contributed by atoms with Gasteiger partial charge in [0.05, 0.1) is 34.4 Å². The minimum Gasteiger partial charge on any atom is -0.388 e. The summed E-state index contributed by atoms with van der Waals surface area (Å²) in [4.78, 5) is 9.50. The lowest BCUT2D eigenvalue weighted by Gasteiger charge is -2.24. The van der Waals surface area contributed by atoms with Crippen molar-refractivity contribution < 1.29 is 32.8 Å². The number of hydrogen-bond acceptors (Lipinski definition) is 5. The first-order valence-electron chi connectivity index (χ1n) is 8.34. The van der Waals surface area contributed by atoms with Gasteiger partial charge in [-0.2, -0.15) is 0 Å². The first-order chi connectivity index (χ1) is 10.7. The highest BCUT2D eigenvalue weighted by atomic mass is 31.2. The number of nitrogens with zero attached hydrogens (tertiary/aromatic N) is 1. The van der Waals surface area contributed by atoms with Gasteiger partial charge in [0.2, 0.25) is 0 Å². The van der Waals surface area contributed by atoms with Gasteiger partial charge in [-0.15, -0.1) is 0 Å². The first-order valence-corrected chi connectivity index (χ1v) is 9.84. The molecule has 0 saturated heterocycles. The summed E-state index contributed by atoms with van der Waals surface area (Å²) in [6, 6.07) is 0. The third-order valence-electron chi connectivity index (χ3n) is 3.15. The van der Waals surface area contributed by atoms with Crippen LogP contribution in [0.25, 0.3) is 0 Å². The fourth-order valence-corrected chi connectivity index (χ4v) is 2.47. The number of likely N-dealkylation sites (N-methyl/N-ethyl adjacent to an activating group) is 1. The Balaban J connectivity index is 3.66. The van der Waals surface area contributed by atoms with E-state index in [1.54, 1.807) is 0 Å². The van der Waals surface area contributed by atoms with Gasteiger partial charge in [0.15, 0.2) is 0 Å². The van der Waals surface area contributed by atoms with Crippen LogP contribution in [-0.4, -0.2) is 74.7 Å². The van der Waals surface area contributed by atoms with E-state index in [0.717, 1.165) is 12.8 Å². The molecular weight excluding hydrogens is 321 g/mol. The van der Waals surface area contributed by atoms with E-state index in [1.165, 1.54) is 19.3 Å². The van der Waals surface area contributed by atoms with Crippen LogP contribution in [-0.2, 0) is 18.3 Å². The average molecular weight is 356 g/mol. The number of aliphatic hydroxyl groups excluding tert-OH is 1. The highest BCUT2D eigenvalue weighted by Gasteiger charge is 2.23. The third-order valence-corrected chi connectivity index (χ3v) is 4.13. The minimum atomic E-state index is -4.12. The van der Waals surface area contributed by atoms with Gasteiger partial charge < -0.3 is 19.2 Å². The van der Waals surface area contributed by atoms with Crippen molar-refractivity contribution in [3.05, 3.63) is 0 Å². The smallest absolute Gasteiger partial charge is 0.388 e. The molecule has 0 aliphatic rings. The summed E-state index contributed by atoms with van der Waals surface area (Å²) < 4.78 is 27.2. The average Bonchev–Trinajstić information content (AvgIpc) is 2.42. The number of phosphoric ester groups is 1. The zero-order valence-corrected chi connectivity index (χ0v) is 16.0. The van der Waals surface area contributed by atoms with Crippen LogP contribution in [0.3, 0.4) is 0 Å². The van der Waals surface area contributed by atoms with E-state index in [2.05, 4.69) is 6.92 Å². The molecule has 23 heavy (non-hydrogen) atoms. The van der Waals surface area contributed by atoms with Crippen LogP contribution in [0.1, 0.15) is 39.0 Å². The summed E-state index contributed by atoms with van der Waals surface area (Å²) in [6.45, 7) is 3.25. The van der Waals surface area contributed by atoms with E-state index < -0.39 is 13.9 Å². The first kappa shape index (κ1) is 23.0. The fourth-order valence-electron chi connectivity index (χ4n) is 1.72. The molecule has 0 aromatic rings. The summed E-state index contributed by atoms with van der Waals surface area (Å²) in [7, 11) is 1.75. The highest BCUT2D eigenvalue weighted by molar-refractivity contribution is 7.47. The van der Waals surface area contributed by atoms with Gasteiger partial charge in [-0.3, -0.25) is 9.05 Å². The molecule has 7 nitrogen and oxygen atoms in total. The standard InChI is InChI=1S/C15H34NO6P/c1-5-6-7-8-9-11-20-13-15(17)14-22-23(18,19)21-12-10-16(2,3)4/h15,17H,5-14H2,1-4H3/p+1/t15-/m1/s1. The van der Waals surface area contributed by atoms with Crippen LogP contribution in [0.5, 0.6) is 0 Å². The van der Waals surface area contributed by atoms with Gasteiger partial charge in [-0.25, -0.2) is 4.57 Å². The number of aliphatic hydroxyl groups is 1. The molecule has 0 aliphatic carbocycles. The lowest BCUT2D eigenvalue weighted by atomic mass is 10.2. The summed E-state index contributed by atoms with van der Waals surface area (Å²) >= 11 is 0. The van der Waals surface area contributed by atoms with E-state index in [-0.39, 0.29) is 19.8 Å². The van der Waals surface area contributed by atoms with Gasteiger partial charge in [0.25, 0.3) is 0 Å². The molecule has 8 heteroatoms. The van der Waals surface area contributed by atoms with Crippen molar-refractivity contribution in [2.24, 2.45) is 0 Å². The van der Waals surface area contributed by atoms with Crippen LogP contribution in [0.4, 0.5) is 0 Å². The van der Waals surface area contributed by atoms with Crippen LogP contribution < -0.4 is 0 Å². The number of rotatable bonds is 15. The van der Waals surface area contributed by atoms with Crippen molar-refractivity contribution in [1.82, 2.24) is 0 Å². The Morgan fingerprint density at radius 1 is 1.00 bits per heavy atom. The number of unbranched alkanes of at least 4 members (excludes halogenated alkanes) is 4. The third kappa shape index (κ3) is 16.6. The molecule has 0 amide bonds. The van der Waals surface area contributed by atoms with Crippen LogP contribution in [0.2, 0.25) is 0 Å².